The van der Waals surface area contributed by atoms with E-state index in [0.717, 1.165) is 12.8 Å². The number of nitrogens with zero attached hydrogens (tertiary/aromatic N) is 1. The van der Waals surface area contributed by atoms with Gasteiger partial charge < -0.3 is 4.52 Å². The Balaban J connectivity index is 1.63. The molecule has 1 unspecified atom stereocenters. The molecule has 0 saturated heterocycles. The van der Waals surface area contributed by atoms with E-state index in [1.54, 1.807) is 24.3 Å². The van der Waals surface area contributed by atoms with Crippen molar-refractivity contribution < 1.29 is 18.7 Å². The molecule has 0 radical (unpaired) electrons. The number of hydrogen-bond donors (Lipinski definition) is 0. The van der Waals surface area contributed by atoms with Crippen LogP contribution in [-0.4, -0.2) is 44.1 Å². The van der Waals surface area contributed by atoms with E-state index in [1.807, 2.05) is 0 Å². The fraction of sp³-hybridized carbons (Fsp3) is 0.474. The lowest BCUT2D eigenvalue weighted by Gasteiger charge is -2.13. The van der Waals surface area contributed by atoms with Crippen LogP contribution in [0.4, 0.5) is 0 Å². The Labute approximate surface area is 157 Å². The molecule has 0 fully saturated rings. The second-order valence-corrected chi connectivity index (χ2v) is 13.5. The molecule has 5 nitrogen and oxygen atoms in total. The SMILES string of the molecule is C[Si](C)(C)C#CC[PH](=O)OCCCCCN1C(=O)c2ccccc2C1=O. The van der Waals surface area contributed by atoms with Gasteiger partial charge in [-0.3, -0.25) is 19.1 Å². The fourth-order valence-corrected chi connectivity index (χ4v) is 4.11. The van der Waals surface area contributed by atoms with Crippen molar-refractivity contribution in [2.45, 2.75) is 38.9 Å². The summed E-state index contributed by atoms with van der Waals surface area (Å²) in [5.74, 6) is 2.54. The molecule has 2 rings (SSSR count). The van der Waals surface area contributed by atoms with E-state index in [0.29, 0.717) is 36.9 Å². The number of fused-ring (bicyclic) bond motifs is 1. The monoisotopic (exact) mass is 391 g/mol. The van der Waals surface area contributed by atoms with Gasteiger partial charge in [0, 0.05) is 6.54 Å². The summed E-state index contributed by atoms with van der Waals surface area (Å²) in [4.78, 5) is 25.7. The molecule has 1 aliphatic rings. The molecule has 26 heavy (non-hydrogen) atoms. The molecule has 0 bridgehead atoms. The molecule has 0 aliphatic carbocycles. The molecule has 1 atom stereocenters. The second-order valence-electron chi connectivity index (χ2n) is 7.32. The van der Waals surface area contributed by atoms with Gasteiger partial charge in [-0.2, -0.15) is 0 Å². The van der Waals surface area contributed by atoms with Crippen LogP contribution in [-0.2, 0) is 9.09 Å². The zero-order chi connectivity index (χ0) is 19.2. The summed E-state index contributed by atoms with van der Waals surface area (Å²) in [5, 5.41) is 0. The molecule has 1 heterocycles. The number of benzene rings is 1. The van der Waals surface area contributed by atoms with Crippen molar-refractivity contribution in [2.24, 2.45) is 0 Å². The van der Waals surface area contributed by atoms with Gasteiger partial charge in [0.15, 0.2) is 0 Å². The van der Waals surface area contributed by atoms with Crippen molar-refractivity contribution >= 4 is 27.9 Å². The molecular formula is C19H26NO4PSi. The molecule has 7 heteroatoms. The van der Waals surface area contributed by atoms with Crippen molar-refractivity contribution in [3.63, 3.8) is 0 Å². The van der Waals surface area contributed by atoms with Gasteiger partial charge in [-0.15, -0.1) is 11.5 Å². The molecule has 0 saturated carbocycles. The maximum absolute atomic E-state index is 12.2. The first kappa shape index (κ1) is 20.6. The Morgan fingerprint density at radius 1 is 1.04 bits per heavy atom. The summed E-state index contributed by atoms with van der Waals surface area (Å²) in [6.07, 6.45) is 2.60. The van der Waals surface area contributed by atoms with Crippen LogP contribution < -0.4 is 0 Å². The third-order valence-corrected chi connectivity index (χ3v) is 5.78. The first-order valence-electron chi connectivity index (χ1n) is 8.90. The Morgan fingerprint density at radius 3 is 2.23 bits per heavy atom. The van der Waals surface area contributed by atoms with E-state index in [2.05, 4.69) is 31.1 Å². The normalized spacial score (nSPS) is 14.8. The fourth-order valence-electron chi connectivity index (χ4n) is 2.61. The van der Waals surface area contributed by atoms with Crippen LogP contribution >= 0.6 is 8.03 Å². The minimum atomic E-state index is -2.09. The number of hydrogen-bond acceptors (Lipinski definition) is 4. The lowest BCUT2D eigenvalue weighted by Crippen LogP contribution is -2.30. The van der Waals surface area contributed by atoms with Gasteiger partial charge in [-0.05, 0) is 31.4 Å². The highest BCUT2D eigenvalue weighted by Crippen LogP contribution is 2.23. The first-order chi connectivity index (χ1) is 12.3. The van der Waals surface area contributed by atoms with E-state index >= 15 is 0 Å². The average molecular weight is 391 g/mol. The highest BCUT2D eigenvalue weighted by Gasteiger charge is 2.34. The topological polar surface area (TPSA) is 63.7 Å². The average Bonchev–Trinajstić information content (AvgIpc) is 2.82. The minimum absolute atomic E-state index is 0.215. The summed E-state index contributed by atoms with van der Waals surface area (Å²) < 4.78 is 17.1. The van der Waals surface area contributed by atoms with Gasteiger partial charge in [0.2, 0.25) is 8.03 Å². The summed E-state index contributed by atoms with van der Waals surface area (Å²) in [7, 11) is -3.51. The lowest BCUT2D eigenvalue weighted by atomic mass is 10.1. The van der Waals surface area contributed by atoms with Gasteiger partial charge in [-0.25, -0.2) is 0 Å². The zero-order valence-corrected chi connectivity index (χ0v) is 17.6. The molecule has 140 valence electrons. The second kappa shape index (κ2) is 9.32. The maximum Gasteiger partial charge on any atom is 0.261 e. The molecule has 1 aromatic rings. The van der Waals surface area contributed by atoms with Gasteiger partial charge in [0.05, 0.1) is 23.9 Å². The van der Waals surface area contributed by atoms with Crippen LogP contribution in [0.1, 0.15) is 40.0 Å². The summed E-state index contributed by atoms with van der Waals surface area (Å²) in [6, 6.07) is 6.90. The van der Waals surface area contributed by atoms with Crippen molar-refractivity contribution in [3.05, 3.63) is 35.4 Å². The van der Waals surface area contributed by atoms with E-state index in [9.17, 15) is 14.2 Å². The first-order valence-corrected chi connectivity index (χ1v) is 13.9. The predicted molar refractivity (Wildman–Crippen MR) is 107 cm³/mol. The van der Waals surface area contributed by atoms with Crippen molar-refractivity contribution in [1.82, 2.24) is 4.90 Å². The third-order valence-electron chi connectivity index (χ3n) is 3.86. The summed E-state index contributed by atoms with van der Waals surface area (Å²) in [5.41, 5.74) is 4.15. The maximum atomic E-state index is 12.2. The minimum Gasteiger partial charge on any atom is -0.330 e. The van der Waals surface area contributed by atoms with Crippen LogP contribution in [0.5, 0.6) is 0 Å². The molecule has 1 aromatic carbocycles. The number of rotatable bonds is 8. The van der Waals surface area contributed by atoms with Crippen molar-refractivity contribution in [2.75, 3.05) is 19.3 Å². The summed E-state index contributed by atoms with van der Waals surface area (Å²) in [6.45, 7) is 7.27. The molecule has 1 aliphatic heterocycles. The Hall–Kier alpha value is -1.67. The molecule has 0 aromatic heterocycles. The Morgan fingerprint density at radius 2 is 1.65 bits per heavy atom. The van der Waals surface area contributed by atoms with E-state index in [-0.39, 0.29) is 11.8 Å². The van der Waals surface area contributed by atoms with Crippen LogP contribution in [0.15, 0.2) is 24.3 Å². The van der Waals surface area contributed by atoms with Crippen LogP contribution in [0.2, 0.25) is 19.6 Å². The highest BCUT2D eigenvalue weighted by molar-refractivity contribution is 7.39. The quantitative estimate of drug-likeness (QED) is 0.222. The predicted octanol–water partition coefficient (Wildman–Crippen LogP) is 3.83. The Bertz CT molecular complexity index is 726. The smallest absolute Gasteiger partial charge is 0.261 e. The largest absolute Gasteiger partial charge is 0.330 e. The van der Waals surface area contributed by atoms with Gasteiger partial charge in [-0.1, -0.05) is 31.8 Å². The number of imide groups is 1. The van der Waals surface area contributed by atoms with Gasteiger partial charge >= 0.3 is 0 Å². The van der Waals surface area contributed by atoms with E-state index < -0.39 is 16.1 Å². The number of amides is 2. The molecule has 0 spiro atoms. The standard InChI is InChI=1S/C19H26NO4PSi/c1-26(2,3)15-9-14-25(23)24-13-8-4-7-12-20-18(21)16-10-5-6-11-17(16)19(20)22/h5-6,10-11,25H,4,7-8,12-14H2,1-3H3. The van der Waals surface area contributed by atoms with E-state index in [4.69, 9.17) is 4.52 Å². The van der Waals surface area contributed by atoms with Crippen LogP contribution in [0.3, 0.4) is 0 Å². The van der Waals surface area contributed by atoms with Crippen molar-refractivity contribution in [1.29, 1.82) is 0 Å². The molecular weight excluding hydrogens is 365 g/mol. The van der Waals surface area contributed by atoms with E-state index in [1.165, 1.54) is 4.90 Å². The van der Waals surface area contributed by atoms with Crippen molar-refractivity contribution in [3.8, 4) is 11.5 Å². The summed E-state index contributed by atoms with van der Waals surface area (Å²) >= 11 is 0. The molecule has 0 N–H and O–H groups in total. The number of carbonyl (C=O) groups excluding carboxylic acids is 2. The van der Waals surface area contributed by atoms with Gasteiger partial charge in [0.25, 0.3) is 11.8 Å². The Kier molecular flexibility index (Phi) is 7.40. The molecule has 2 amide bonds. The third kappa shape index (κ3) is 5.95. The number of unbranched alkanes of at least 4 members (excludes halogenated alkanes) is 2. The highest BCUT2D eigenvalue weighted by atomic mass is 31.1. The lowest BCUT2D eigenvalue weighted by molar-refractivity contribution is 0.0651. The van der Waals surface area contributed by atoms with Crippen LogP contribution in [0, 0.1) is 11.5 Å². The zero-order valence-electron chi connectivity index (χ0n) is 15.6. The number of carbonyl (C=O) groups is 2. The van der Waals surface area contributed by atoms with Gasteiger partial charge in [0.1, 0.15) is 8.07 Å². The van der Waals surface area contributed by atoms with Crippen LogP contribution in [0.25, 0.3) is 0 Å².